The van der Waals surface area contributed by atoms with Crippen molar-refractivity contribution in [3.8, 4) is 11.3 Å². The van der Waals surface area contributed by atoms with Crippen molar-refractivity contribution in [2.75, 3.05) is 31.1 Å². The standard InChI is InChI=1S/C17H20N4/c1-2-6-14-13(4-1)5-3-7-15-16(14)19-12-20-17(15)21-10-8-18-9-11-21/h1-2,4,6,12,18H,3,5,7-11H2. The molecule has 4 rings (SSSR count). The van der Waals surface area contributed by atoms with Gasteiger partial charge in [0.15, 0.2) is 0 Å². The topological polar surface area (TPSA) is 41.1 Å². The lowest BCUT2D eigenvalue weighted by Gasteiger charge is -2.30. The molecule has 21 heavy (non-hydrogen) atoms. The van der Waals surface area contributed by atoms with Crippen LogP contribution in [-0.2, 0) is 12.8 Å². The lowest BCUT2D eigenvalue weighted by atomic mass is 10.0. The van der Waals surface area contributed by atoms with Gasteiger partial charge < -0.3 is 10.2 Å². The van der Waals surface area contributed by atoms with Gasteiger partial charge in [0.1, 0.15) is 12.1 Å². The molecule has 2 aromatic rings. The summed E-state index contributed by atoms with van der Waals surface area (Å²) in [5.74, 6) is 1.15. The number of fused-ring (bicyclic) bond motifs is 3. The average Bonchev–Trinajstić information content (AvgIpc) is 2.75. The third kappa shape index (κ3) is 2.29. The SMILES string of the molecule is c1ccc2c(c1)CCCc1c-2ncnc1N1CCNCC1. The molecule has 1 N–H and O–H groups in total. The molecule has 108 valence electrons. The van der Waals surface area contributed by atoms with E-state index in [1.165, 1.54) is 23.1 Å². The highest BCUT2D eigenvalue weighted by atomic mass is 15.2. The molecule has 0 unspecified atom stereocenters. The van der Waals surface area contributed by atoms with Gasteiger partial charge in [-0.3, -0.25) is 0 Å². The second kappa shape index (κ2) is 5.45. The quantitative estimate of drug-likeness (QED) is 0.868. The van der Waals surface area contributed by atoms with Crippen LogP contribution in [0.1, 0.15) is 17.5 Å². The number of hydrogen-bond acceptors (Lipinski definition) is 4. The molecule has 0 spiro atoms. The monoisotopic (exact) mass is 280 g/mol. The van der Waals surface area contributed by atoms with Crippen LogP contribution < -0.4 is 10.2 Å². The third-order valence-corrected chi connectivity index (χ3v) is 4.48. The fraction of sp³-hybridized carbons (Fsp3) is 0.412. The Hall–Kier alpha value is -1.94. The fourth-order valence-corrected chi connectivity index (χ4v) is 3.44. The number of piperazine rings is 1. The van der Waals surface area contributed by atoms with E-state index in [0.717, 1.165) is 50.5 Å². The molecule has 0 amide bonds. The lowest BCUT2D eigenvalue weighted by molar-refractivity contribution is 0.582. The van der Waals surface area contributed by atoms with Gasteiger partial charge in [-0.25, -0.2) is 9.97 Å². The highest BCUT2D eigenvalue weighted by molar-refractivity contribution is 5.72. The summed E-state index contributed by atoms with van der Waals surface area (Å²) >= 11 is 0. The maximum absolute atomic E-state index is 4.62. The summed E-state index contributed by atoms with van der Waals surface area (Å²) < 4.78 is 0. The molecule has 0 atom stereocenters. The van der Waals surface area contributed by atoms with Gasteiger partial charge in [0.2, 0.25) is 0 Å². The van der Waals surface area contributed by atoms with E-state index < -0.39 is 0 Å². The molecule has 1 aliphatic heterocycles. The number of rotatable bonds is 1. The van der Waals surface area contributed by atoms with Crippen molar-refractivity contribution in [1.82, 2.24) is 15.3 Å². The molecule has 0 saturated carbocycles. The number of aromatic nitrogens is 2. The molecule has 4 heteroatoms. The van der Waals surface area contributed by atoms with E-state index in [1.54, 1.807) is 6.33 Å². The highest BCUT2D eigenvalue weighted by Crippen LogP contribution is 2.34. The molecule has 0 bridgehead atoms. The van der Waals surface area contributed by atoms with E-state index in [-0.39, 0.29) is 0 Å². The minimum atomic E-state index is 1.03. The third-order valence-electron chi connectivity index (χ3n) is 4.48. The zero-order valence-corrected chi connectivity index (χ0v) is 12.2. The molecule has 1 aromatic heterocycles. The van der Waals surface area contributed by atoms with Gasteiger partial charge in [-0.2, -0.15) is 0 Å². The summed E-state index contributed by atoms with van der Waals surface area (Å²) in [5, 5.41) is 3.41. The molecule has 1 aliphatic carbocycles. The first-order valence-electron chi connectivity index (χ1n) is 7.81. The molecule has 0 radical (unpaired) electrons. The molecule has 2 aliphatic rings. The minimum absolute atomic E-state index is 1.03. The number of nitrogens with zero attached hydrogens (tertiary/aromatic N) is 3. The van der Waals surface area contributed by atoms with Crippen molar-refractivity contribution in [3.63, 3.8) is 0 Å². The highest BCUT2D eigenvalue weighted by Gasteiger charge is 2.22. The van der Waals surface area contributed by atoms with E-state index >= 15 is 0 Å². The number of aryl methyl sites for hydroxylation is 1. The largest absolute Gasteiger partial charge is 0.354 e. The molecular formula is C17H20N4. The van der Waals surface area contributed by atoms with Gasteiger partial charge in [0.05, 0.1) is 5.69 Å². The van der Waals surface area contributed by atoms with E-state index in [9.17, 15) is 0 Å². The Bertz CT molecular complexity index is 647. The lowest BCUT2D eigenvalue weighted by Crippen LogP contribution is -2.44. The summed E-state index contributed by atoms with van der Waals surface area (Å²) in [6.45, 7) is 4.14. The van der Waals surface area contributed by atoms with Crippen molar-refractivity contribution in [1.29, 1.82) is 0 Å². The average molecular weight is 280 g/mol. The van der Waals surface area contributed by atoms with Crippen molar-refractivity contribution >= 4 is 5.82 Å². The first kappa shape index (κ1) is 12.8. The van der Waals surface area contributed by atoms with Crippen LogP contribution in [0.15, 0.2) is 30.6 Å². The second-order valence-corrected chi connectivity index (χ2v) is 5.77. The Balaban J connectivity index is 1.83. The Morgan fingerprint density at radius 1 is 1.00 bits per heavy atom. The van der Waals surface area contributed by atoms with Crippen molar-refractivity contribution in [3.05, 3.63) is 41.7 Å². The van der Waals surface area contributed by atoms with Gasteiger partial charge in [-0.1, -0.05) is 24.3 Å². The smallest absolute Gasteiger partial charge is 0.135 e. The summed E-state index contributed by atoms with van der Waals surface area (Å²) in [6.07, 6.45) is 5.12. The molecule has 2 heterocycles. The minimum Gasteiger partial charge on any atom is -0.354 e. The number of nitrogens with one attached hydrogen (secondary N) is 1. The van der Waals surface area contributed by atoms with Crippen molar-refractivity contribution < 1.29 is 0 Å². The summed E-state index contributed by atoms with van der Waals surface area (Å²) in [5.41, 5.74) is 5.20. The van der Waals surface area contributed by atoms with E-state index in [4.69, 9.17) is 0 Å². The van der Waals surface area contributed by atoms with Crippen molar-refractivity contribution in [2.45, 2.75) is 19.3 Å². The number of anilines is 1. The zero-order chi connectivity index (χ0) is 14.1. The van der Waals surface area contributed by atoms with E-state index in [2.05, 4.69) is 44.5 Å². The second-order valence-electron chi connectivity index (χ2n) is 5.77. The fourth-order valence-electron chi connectivity index (χ4n) is 3.44. The van der Waals surface area contributed by atoms with Crippen LogP contribution in [0.3, 0.4) is 0 Å². The Kier molecular flexibility index (Phi) is 3.31. The maximum Gasteiger partial charge on any atom is 0.135 e. The predicted molar refractivity (Wildman–Crippen MR) is 84.6 cm³/mol. The zero-order valence-electron chi connectivity index (χ0n) is 12.2. The van der Waals surface area contributed by atoms with Crippen LogP contribution in [-0.4, -0.2) is 36.1 Å². The number of benzene rings is 1. The first-order valence-corrected chi connectivity index (χ1v) is 7.81. The molecule has 1 saturated heterocycles. The van der Waals surface area contributed by atoms with Gasteiger partial charge in [0, 0.05) is 37.3 Å². The van der Waals surface area contributed by atoms with Crippen molar-refractivity contribution in [2.24, 2.45) is 0 Å². The normalized spacial score (nSPS) is 17.8. The summed E-state index contributed by atoms with van der Waals surface area (Å²) in [4.78, 5) is 11.6. The van der Waals surface area contributed by atoms with Crippen LogP contribution in [0.4, 0.5) is 5.82 Å². The molecular weight excluding hydrogens is 260 g/mol. The van der Waals surface area contributed by atoms with Gasteiger partial charge >= 0.3 is 0 Å². The van der Waals surface area contributed by atoms with Gasteiger partial charge in [0.25, 0.3) is 0 Å². The van der Waals surface area contributed by atoms with Crippen LogP contribution in [0.25, 0.3) is 11.3 Å². The summed E-state index contributed by atoms with van der Waals surface area (Å²) in [6, 6.07) is 8.67. The first-order chi connectivity index (χ1) is 10.4. The predicted octanol–water partition coefficient (Wildman–Crippen LogP) is 2.04. The Morgan fingerprint density at radius 2 is 1.86 bits per heavy atom. The maximum atomic E-state index is 4.62. The molecule has 4 nitrogen and oxygen atoms in total. The van der Waals surface area contributed by atoms with Crippen LogP contribution in [0.2, 0.25) is 0 Å². The summed E-state index contributed by atoms with van der Waals surface area (Å²) in [7, 11) is 0. The molecule has 1 aromatic carbocycles. The van der Waals surface area contributed by atoms with E-state index in [0.29, 0.717) is 0 Å². The van der Waals surface area contributed by atoms with Crippen LogP contribution in [0.5, 0.6) is 0 Å². The van der Waals surface area contributed by atoms with Gasteiger partial charge in [-0.15, -0.1) is 0 Å². The van der Waals surface area contributed by atoms with Crippen LogP contribution >= 0.6 is 0 Å². The van der Waals surface area contributed by atoms with E-state index in [1.807, 2.05) is 0 Å². The molecule has 1 fully saturated rings. The Morgan fingerprint density at radius 3 is 2.76 bits per heavy atom. The number of hydrogen-bond donors (Lipinski definition) is 1. The Labute approximate surface area is 125 Å². The van der Waals surface area contributed by atoms with Crippen LogP contribution in [0, 0.1) is 0 Å². The van der Waals surface area contributed by atoms with Gasteiger partial charge in [-0.05, 0) is 24.8 Å².